The maximum absolute atomic E-state index is 12.3. The second-order valence-electron chi connectivity index (χ2n) is 7.99. The van der Waals surface area contributed by atoms with E-state index in [9.17, 15) is 9.59 Å². The fourth-order valence-corrected chi connectivity index (χ4v) is 3.43. The Hall–Kier alpha value is -1.26. The van der Waals surface area contributed by atoms with E-state index in [0.29, 0.717) is 18.4 Å². The van der Waals surface area contributed by atoms with Gasteiger partial charge in [-0.15, -0.1) is 0 Å². The Bertz CT molecular complexity index is 428. The Labute approximate surface area is 134 Å². The molecular weight excluding hydrogens is 280 g/mol. The van der Waals surface area contributed by atoms with Gasteiger partial charge in [0.05, 0.1) is 0 Å². The Morgan fingerprint density at radius 3 is 2.23 bits per heavy atom. The summed E-state index contributed by atoms with van der Waals surface area (Å²) >= 11 is 0. The number of carbonyl (C=O) groups is 2. The van der Waals surface area contributed by atoms with E-state index in [1.807, 2.05) is 44.4 Å². The van der Waals surface area contributed by atoms with Gasteiger partial charge in [-0.2, -0.15) is 0 Å². The van der Waals surface area contributed by atoms with E-state index in [0.717, 1.165) is 32.5 Å². The number of likely N-dealkylation sites (tertiary alicyclic amines) is 2. The number of ether oxygens (including phenoxy) is 1. The molecule has 2 aliphatic heterocycles. The summed E-state index contributed by atoms with van der Waals surface area (Å²) in [6.07, 6.45) is 1.86. The van der Waals surface area contributed by atoms with Gasteiger partial charge in [-0.05, 0) is 45.4 Å². The van der Waals surface area contributed by atoms with Crippen molar-refractivity contribution < 1.29 is 14.3 Å². The second-order valence-corrected chi connectivity index (χ2v) is 7.99. The standard InChI is InChI=1S/C17H30N2O3/c1-12(2)15(20)19-9-13-7-6-8-18(10-14(13)11-19)16(21)22-17(3,4)5/h12-14H,6-11H2,1-5H3. The molecule has 5 heteroatoms. The lowest BCUT2D eigenvalue weighted by molar-refractivity contribution is -0.133. The van der Waals surface area contributed by atoms with Gasteiger partial charge in [0.15, 0.2) is 0 Å². The molecule has 0 radical (unpaired) electrons. The number of rotatable bonds is 1. The summed E-state index contributed by atoms with van der Waals surface area (Å²) < 4.78 is 5.50. The Kier molecular flexibility index (Phi) is 5.03. The highest BCUT2D eigenvalue weighted by Gasteiger charge is 2.39. The average molecular weight is 310 g/mol. The molecule has 2 atom stereocenters. The van der Waals surface area contributed by atoms with Crippen molar-refractivity contribution in [3.8, 4) is 0 Å². The topological polar surface area (TPSA) is 49.9 Å². The van der Waals surface area contributed by atoms with Gasteiger partial charge in [-0.25, -0.2) is 4.79 Å². The van der Waals surface area contributed by atoms with E-state index in [2.05, 4.69) is 0 Å². The van der Waals surface area contributed by atoms with Crippen molar-refractivity contribution in [2.24, 2.45) is 17.8 Å². The van der Waals surface area contributed by atoms with E-state index >= 15 is 0 Å². The summed E-state index contributed by atoms with van der Waals surface area (Å²) in [6.45, 7) is 12.7. The Morgan fingerprint density at radius 1 is 1.05 bits per heavy atom. The normalized spacial score (nSPS) is 25.9. The molecule has 2 heterocycles. The van der Waals surface area contributed by atoms with Crippen LogP contribution in [-0.2, 0) is 9.53 Å². The van der Waals surface area contributed by atoms with Crippen molar-refractivity contribution >= 4 is 12.0 Å². The first kappa shape index (κ1) is 17.1. The van der Waals surface area contributed by atoms with Gasteiger partial charge < -0.3 is 14.5 Å². The van der Waals surface area contributed by atoms with Crippen molar-refractivity contribution in [3.05, 3.63) is 0 Å². The number of amides is 2. The van der Waals surface area contributed by atoms with Crippen LogP contribution in [0, 0.1) is 17.8 Å². The third-order valence-corrected chi connectivity index (χ3v) is 4.49. The number of hydrogen-bond donors (Lipinski definition) is 0. The molecule has 0 aliphatic carbocycles. The predicted molar refractivity (Wildman–Crippen MR) is 85.4 cm³/mol. The van der Waals surface area contributed by atoms with Gasteiger partial charge in [0.25, 0.3) is 0 Å². The fraction of sp³-hybridized carbons (Fsp3) is 0.882. The summed E-state index contributed by atoms with van der Waals surface area (Å²) in [4.78, 5) is 28.3. The van der Waals surface area contributed by atoms with Crippen molar-refractivity contribution in [1.82, 2.24) is 9.80 Å². The lowest BCUT2D eigenvalue weighted by Gasteiger charge is -2.28. The molecule has 5 nitrogen and oxygen atoms in total. The van der Waals surface area contributed by atoms with E-state index in [-0.39, 0.29) is 17.9 Å². The Balaban J connectivity index is 1.98. The van der Waals surface area contributed by atoms with E-state index < -0.39 is 5.60 Å². The predicted octanol–water partition coefficient (Wildman–Crippen LogP) is 2.75. The van der Waals surface area contributed by atoms with Gasteiger partial charge in [-0.1, -0.05) is 13.8 Å². The van der Waals surface area contributed by atoms with Crippen LogP contribution in [0.25, 0.3) is 0 Å². The number of hydrogen-bond acceptors (Lipinski definition) is 3. The van der Waals surface area contributed by atoms with Crippen LogP contribution in [0.2, 0.25) is 0 Å². The van der Waals surface area contributed by atoms with Gasteiger partial charge in [-0.3, -0.25) is 4.79 Å². The van der Waals surface area contributed by atoms with Gasteiger partial charge >= 0.3 is 6.09 Å². The maximum Gasteiger partial charge on any atom is 0.410 e. The smallest absolute Gasteiger partial charge is 0.410 e. The third-order valence-electron chi connectivity index (χ3n) is 4.49. The molecular formula is C17H30N2O3. The first-order valence-electron chi connectivity index (χ1n) is 8.44. The quantitative estimate of drug-likeness (QED) is 0.748. The van der Waals surface area contributed by atoms with Crippen LogP contribution in [0.3, 0.4) is 0 Å². The number of carbonyl (C=O) groups excluding carboxylic acids is 2. The fourth-order valence-electron chi connectivity index (χ4n) is 3.43. The zero-order valence-electron chi connectivity index (χ0n) is 14.6. The minimum absolute atomic E-state index is 0.0456. The molecule has 2 aliphatic rings. The van der Waals surface area contributed by atoms with E-state index in [1.54, 1.807) is 0 Å². The maximum atomic E-state index is 12.3. The molecule has 2 unspecified atom stereocenters. The highest BCUT2D eigenvalue weighted by Crippen LogP contribution is 2.32. The molecule has 0 spiro atoms. The first-order chi connectivity index (χ1) is 10.2. The molecule has 0 aromatic carbocycles. The molecule has 2 saturated heterocycles. The molecule has 0 aromatic rings. The highest BCUT2D eigenvalue weighted by atomic mass is 16.6. The Morgan fingerprint density at radius 2 is 1.64 bits per heavy atom. The minimum atomic E-state index is -0.460. The van der Waals surface area contributed by atoms with Crippen LogP contribution < -0.4 is 0 Å². The van der Waals surface area contributed by atoms with Crippen LogP contribution in [0.15, 0.2) is 0 Å². The molecule has 0 N–H and O–H groups in total. The summed E-state index contributed by atoms with van der Waals surface area (Å²) in [5, 5.41) is 0. The number of fused-ring (bicyclic) bond motifs is 1. The lowest BCUT2D eigenvalue weighted by atomic mass is 9.93. The second kappa shape index (κ2) is 6.47. The van der Waals surface area contributed by atoms with Crippen LogP contribution in [0.5, 0.6) is 0 Å². The van der Waals surface area contributed by atoms with Crippen molar-refractivity contribution in [1.29, 1.82) is 0 Å². The first-order valence-corrected chi connectivity index (χ1v) is 8.44. The van der Waals surface area contributed by atoms with Gasteiger partial charge in [0, 0.05) is 32.1 Å². The summed E-state index contributed by atoms with van der Waals surface area (Å²) in [7, 11) is 0. The summed E-state index contributed by atoms with van der Waals surface area (Å²) in [5.41, 5.74) is -0.460. The van der Waals surface area contributed by atoms with E-state index in [4.69, 9.17) is 4.74 Å². The molecule has 2 rings (SSSR count). The monoisotopic (exact) mass is 310 g/mol. The van der Waals surface area contributed by atoms with Crippen LogP contribution in [0.1, 0.15) is 47.5 Å². The van der Waals surface area contributed by atoms with E-state index in [1.165, 1.54) is 0 Å². The van der Waals surface area contributed by atoms with Gasteiger partial charge in [0.1, 0.15) is 5.60 Å². The number of nitrogens with zero attached hydrogens (tertiary/aromatic N) is 2. The van der Waals surface area contributed by atoms with Gasteiger partial charge in [0.2, 0.25) is 5.91 Å². The zero-order chi connectivity index (χ0) is 16.5. The molecule has 2 fully saturated rings. The molecule has 126 valence electrons. The molecule has 0 aromatic heterocycles. The molecule has 22 heavy (non-hydrogen) atoms. The lowest BCUT2D eigenvalue weighted by Crippen LogP contribution is -2.40. The highest BCUT2D eigenvalue weighted by molar-refractivity contribution is 5.78. The largest absolute Gasteiger partial charge is 0.444 e. The summed E-state index contributed by atoms with van der Waals surface area (Å²) in [6, 6.07) is 0. The van der Waals surface area contributed by atoms with Crippen LogP contribution in [-0.4, -0.2) is 53.6 Å². The molecule has 0 saturated carbocycles. The molecule has 2 amide bonds. The zero-order valence-corrected chi connectivity index (χ0v) is 14.6. The minimum Gasteiger partial charge on any atom is -0.444 e. The van der Waals surface area contributed by atoms with Crippen LogP contribution in [0.4, 0.5) is 4.79 Å². The summed E-state index contributed by atoms with van der Waals surface area (Å²) in [5.74, 6) is 1.19. The third kappa shape index (κ3) is 4.14. The van der Waals surface area contributed by atoms with Crippen LogP contribution >= 0.6 is 0 Å². The van der Waals surface area contributed by atoms with Crippen molar-refractivity contribution in [2.45, 2.75) is 53.1 Å². The average Bonchev–Trinajstić information content (AvgIpc) is 2.67. The van der Waals surface area contributed by atoms with Crippen molar-refractivity contribution in [2.75, 3.05) is 26.2 Å². The SMILES string of the molecule is CC(C)C(=O)N1CC2CCCN(C(=O)OC(C)(C)C)CC2C1. The molecule has 0 bridgehead atoms. The van der Waals surface area contributed by atoms with Crippen molar-refractivity contribution in [3.63, 3.8) is 0 Å².